The summed E-state index contributed by atoms with van der Waals surface area (Å²) in [7, 11) is 0. The summed E-state index contributed by atoms with van der Waals surface area (Å²) in [6.45, 7) is 5.13. The lowest BCUT2D eigenvalue weighted by Gasteiger charge is -2.16. The Morgan fingerprint density at radius 1 is 1.43 bits per heavy atom. The summed E-state index contributed by atoms with van der Waals surface area (Å²) < 4.78 is 1.19. The molecule has 0 bridgehead atoms. The monoisotopic (exact) mass is 329 g/mol. The highest BCUT2D eigenvalue weighted by molar-refractivity contribution is 6.30. The molecule has 1 heterocycles. The van der Waals surface area contributed by atoms with Crippen LogP contribution in [0.3, 0.4) is 0 Å². The van der Waals surface area contributed by atoms with Gasteiger partial charge in [-0.1, -0.05) is 17.7 Å². The van der Waals surface area contributed by atoms with E-state index in [9.17, 15) is 15.2 Å². The van der Waals surface area contributed by atoms with Crippen LogP contribution in [0.15, 0.2) is 34.1 Å². The first-order chi connectivity index (χ1) is 10.9. The number of halogens is 1. The van der Waals surface area contributed by atoms with Gasteiger partial charge >= 0.3 is 0 Å². The molecule has 1 aromatic heterocycles. The summed E-state index contributed by atoms with van der Waals surface area (Å²) >= 11 is 5.91. The highest BCUT2D eigenvalue weighted by Crippen LogP contribution is 2.24. The standard InChI is InChI=1S/C17H16ClN3O2/c1-10(2)21-16(22)14(8-19)11(3)15(17(21)23)9-20-13-6-4-5-12(18)7-13/h4-7,9-10,23H,1-3H3. The van der Waals surface area contributed by atoms with Gasteiger partial charge in [0.2, 0.25) is 5.88 Å². The van der Waals surface area contributed by atoms with E-state index in [0.717, 1.165) is 0 Å². The SMILES string of the molecule is Cc1c(C=Nc2cccc(Cl)c2)c(O)n(C(C)C)c(=O)c1C#N. The van der Waals surface area contributed by atoms with Crippen LogP contribution in [0.25, 0.3) is 0 Å². The summed E-state index contributed by atoms with van der Waals surface area (Å²) in [5.74, 6) is -0.202. The lowest BCUT2D eigenvalue weighted by molar-refractivity contribution is 0.386. The zero-order valence-electron chi connectivity index (χ0n) is 13.0. The van der Waals surface area contributed by atoms with Gasteiger partial charge in [-0.25, -0.2) is 0 Å². The molecule has 118 valence electrons. The van der Waals surface area contributed by atoms with Gasteiger partial charge in [0, 0.05) is 17.3 Å². The van der Waals surface area contributed by atoms with Crippen molar-refractivity contribution in [1.82, 2.24) is 4.57 Å². The number of aromatic hydroxyl groups is 1. The largest absolute Gasteiger partial charge is 0.494 e. The van der Waals surface area contributed by atoms with Crippen molar-refractivity contribution in [3.63, 3.8) is 0 Å². The number of hydrogen-bond donors (Lipinski definition) is 1. The van der Waals surface area contributed by atoms with E-state index in [1.54, 1.807) is 45.0 Å². The molecule has 0 aliphatic heterocycles. The molecule has 0 amide bonds. The molecule has 0 fully saturated rings. The molecule has 0 spiro atoms. The average molecular weight is 330 g/mol. The number of rotatable bonds is 3. The maximum absolute atomic E-state index is 12.3. The molecular formula is C17H16ClN3O2. The van der Waals surface area contributed by atoms with Crippen LogP contribution in [0.4, 0.5) is 5.69 Å². The van der Waals surface area contributed by atoms with E-state index in [1.165, 1.54) is 10.8 Å². The van der Waals surface area contributed by atoms with E-state index < -0.39 is 5.56 Å². The van der Waals surface area contributed by atoms with E-state index in [4.69, 9.17) is 11.6 Å². The fourth-order valence-corrected chi connectivity index (χ4v) is 2.45. The van der Waals surface area contributed by atoms with Crippen LogP contribution in [0.5, 0.6) is 5.88 Å². The number of aromatic nitrogens is 1. The molecule has 0 saturated heterocycles. The van der Waals surface area contributed by atoms with Gasteiger partial charge in [0.25, 0.3) is 5.56 Å². The fourth-order valence-electron chi connectivity index (χ4n) is 2.27. The lowest BCUT2D eigenvalue weighted by atomic mass is 10.1. The maximum Gasteiger partial charge on any atom is 0.271 e. The van der Waals surface area contributed by atoms with Gasteiger partial charge in [-0.15, -0.1) is 0 Å². The Balaban J connectivity index is 2.65. The number of aliphatic imine (C=N–C) groups is 1. The van der Waals surface area contributed by atoms with E-state index in [1.807, 2.05) is 6.07 Å². The van der Waals surface area contributed by atoms with E-state index in [0.29, 0.717) is 21.8 Å². The molecule has 0 atom stereocenters. The van der Waals surface area contributed by atoms with E-state index >= 15 is 0 Å². The first-order valence-corrected chi connectivity index (χ1v) is 7.42. The minimum atomic E-state index is -0.502. The molecule has 0 saturated carbocycles. The van der Waals surface area contributed by atoms with E-state index in [-0.39, 0.29) is 17.5 Å². The first kappa shape index (κ1) is 16.8. The third-order valence-electron chi connectivity index (χ3n) is 3.46. The lowest BCUT2D eigenvalue weighted by Crippen LogP contribution is -2.26. The Bertz CT molecular complexity index is 877. The Morgan fingerprint density at radius 3 is 2.70 bits per heavy atom. The van der Waals surface area contributed by atoms with Crippen LogP contribution in [0.1, 0.15) is 36.6 Å². The summed E-state index contributed by atoms with van der Waals surface area (Å²) in [4.78, 5) is 16.5. The highest BCUT2D eigenvalue weighted by Gasteiger charge is 2.19. The van der Waals surface area contributed by atoms with Gasteiger partial charge in [-0.05, 0) is 44.5 Å². The number of nitrogens with zero attached hydrogens (tertiary/aromatic N) is 3. The van der Waals surface area contributed by atoms with Crippen LogP contribution in [0, 0.1) is 18.3 Å². The zero-order chi connectivity index (χ0) is 17.1. The second kappa shape index (κ2) is 6.67. The predicted octanol–water partition coefficient (Wildman–Crippen LogP) is 3.72. The second-order valence-corrected chi connectivity index (χ2v) is 5.79. The van der Waals surface area contributed by atoms with Crippen LogP contribution in [-0.2, 0) is 0 Å². The normalized spacial score (nSPS) is 11.1. The second-order valence-electron chi connectivity index (χ2n) is 5.36. The molecular weight excluding hydrogens is 314 g/mol. The van der Waals surface area contributed by atoms with Gasteiger partial charge in [0.05, 0.1) is 11.3 Å². The van der Waals surface area contributed by atoms with Crippen LogP contribution < -0.4 is 5.56 Å². The Labute approximate surface area is 139 Å². The highest BCUT2D eigenvalue weighted by atomic mass is 35.5. The van der Waals surface area contributed by atoms with Crippen molar-refractivity contribution in [2.24, 2.45) is 4.99 Å². The summed E-state index contributed by atoms with van der Waals surface area (Å²) in [6, 6.07) is 8.55. The Morgan fingerprint density at radius 2 is 2.13 bits per heavy atom. The number of hydrogen-bond acceptors (Lipinski definition) is 4. The first-order valence-electron chi connectivity index (χ1n) is 7.04. The molecule has 2 aromatic rings. The minimum absolute atomic E-state index is 0.00374. The van der Waals surface area contributed by atoms with Crippen molar-refractivity contribution in [1.29, 1.82) is 5.26 Å². The van der Waals surface area contributed by atoms with Gasteiger partial charge in [0.15, 0.2) is 0 Å². The van der Waals surface area contributed by atoms with Gasteiger partial charge in [-0.2, -0.15) is 5.26 Å². The molecule has 2 rings (SSSR count). The van der Waals surface area contributed by atoms with Crippen molar-refractivity contribution >= 4 is 23.5 Å². The summed E-state index contributed by atoms with van der Waals surface area (Å²) in [6.07, 6.45) is 1.44. The van der Waals surface area contributed by atoms with Gasteiger partial charge < -0.3 is 5.11 Å². The van der Waals surface area contributed by atoms with Crippen molar-refractivity contribution in [3.05, 3.63) is 56.3 Å². The van der Waals surface area contributed by atoms with Gasteiger partial charge in [-0.3, -0.25) is 14.4 Å². The van der Waals surface area contributed by atoms with Crippen molar-refractivity contribution in [2.45, 2.75) is 26.8 Å². The van der Waals surface area contributed by atoms with E-state index in [2.05, 4.69) is 4.99 Å². The topological polar surface area (TPSA) is 78.4 Å². The van der Waals surface area contributed by atoms with Gasteiger partial charge in [0.1, 0.15) is 11.6 Å². The molecule has 6 heteroatoms. The number of pyridine rings is 1. The van der Waals surface area contributed by atoms with Crippen molar-refractivity contribution < 1.29 is 5.11 Å². The van der Waals surface area contributed by atoms with Crippen LogP contribution in [-0.4, -0.2) is 15.9 Å². The minimum Gasteiger partial charge on any atom is -0.494 e. The molecule has 0 unspecified atom stereocenters. The molecule has 5 nitrogen and oxygen atoms in total. The number of benzene rings is 1. The fraction of sp³-hybridized carbons (Fsp3) is 0.235. The molecule has 0 aliphatic carbocycles. The zero-order valence-corrected chi connectivity index (χ0v) is 13.8. The Kier molecular flexibility index (Phi) is 4.87. The van der Waals surface area contributed by atoms with Crippen molar-refractivity contribution in [2.75, 3.05) is 0 Å². The smallest absolute Gasteiger partial charge is 0.271 e. The summed E-state index contributed by atoms with van der Waals surface area (Å²) in [5.41, 5.74) is 0.853. The van der Waals surface area contributed by atoms with Crippen molar-refractivity contribution in [3.8, 4) is 11.9 Å². The summed E-state index contributed by atoms with van der Waals surface area (Å²) in [5, 5.41) is 20.2. The average Bonchev–Trinajstić information content (AvgIpc) is 2.47. The predicted molar refractivity (Wildman–Crippen MR) is 90.9 cm³/mol. The maximum atomic E-state index is 12.3. The number of nitriles is 1. The Hall–Kier alpha value is -2.58. The third-order valence-corrected chi connectivity index (χ3v) is 3.69. The molecule has 0 aliphatic rings. The molecule has 1 N–H and O–H groups in total. The quantitative estimate of drug-likeness (QED) is 0.872. The molecule has 1 aromatic carbocycles. The molecule has 23 heavy (non-hydrogen) atoms. The third kappa shape index (κ3) is 3.27. The van der Waals surface area contributed by atoms with Crippen LogP contribution >= 0.6 is 11.6 Å². The van der Waals surface area contributed by atoms with Crippen LogP contribution in [0.2, 0.25) is 5.02 Å². The molecule has 0 radical (unpaired) electrons.